The van der Waals surface area contributed by atoms with Crippen LogP contribution in [0, 0.1) is 0 Å². The Kier molecular flexibility index (Phi) is 7.26. The maximum atomic E-state index is 13.2. The van der Waals surface area contributed by atoms with Crippen molar-refractivity contribution < 1.29 is 17.9 Å². The van der Waals surface area contributed by atoms with Crippen molar-refractivity contribution in [3.63, 3.8) is 0 Å². The minimum Gasteiger partial charge on any atom is -0.489 e. The first-order valence-corrected chi connectivity index (χ1v) is 12.8. The number of amides is 1. The quantitative estimate of drug-likeness (QED) is 0.372. The number of aromatic nitrogens is 1. The number of rotatable bonds is 9. The third-order valence-electron chi connectivity index (χ3n) is 4.72. The van der Waals surface area contributed by atoms with Gasteiger partial charge in [0, 0.05) is 17.7 Å². The molecule has 1 amide bonds. The van der Waals surface area contributed by atoms with Gasteiger partial charge >= 0.3 is 0 Å². The standard InChI is InChI=1S/C23H22N4O4S2/c28-23(26-25-14-18-9-11-19(12-10-18)31-20-16-32-17-20)15-27(22-8-4-5-13-24-22)33(29,30)21-6-2-1-3-7-21/h1-14,20H,15-17H2,(H,26,28)/b25-14-. The van der Waals surface area contributed by atoms with Crippen molar-refractivity contribution in [3.8, 4) is 5.75 Å². The molecule has 10 heteroatoms. The van der Waals surface area contributed by atoms with E-state index < -0.39 is 22.5 Å². The summed E-state index contributed by atoms with van der Waals surface area (Å²) < 4.78 is 33.1. The van der Waals surface area contributed by atoms with Gasteiger partial charge in [0.05, 0.1) is 11.1 Å². The first-order chi connectivity index (χ1) is 16.0. The predicted octanol–water partition coefficient (Wildman–Crippen LogP) is 2.92. The number of anilines is 1. The van der Waals surface area contributed by atoms with E-state index in [4.69, 9.17) is 4.74 Å². The molecule has 1 aliphatic heterocycles. The van der Waals surface area contributed by atoms with Crippen molar-refractivity contribution >= 4 is 39.7 Å². The normalized spacial score (nSPS) is 13.9. The Morgan fingerprint density at radius 2 is 1.82 bits per heavy atom. The van der Waals surface area contributed by atoms with Crippen LogP contribution in [0.3, 0.4) is 0 Å². The molecule has 1 aromatic heterocycles. The molecular weight excluding hydrogens is 460 g/mol. The van der Waals surface area contributed by atoms with E-state index in [1.165, 1.54) is 30.6 Å². The van der Waals surface area contributed by atoms with Crippen LogP contribution in [0.2, 0.25) is 0 Å². The Balaban J connectivity index is 1.42. The van der Waals surface area contributed by atoms with E-state index in [1.807, 2.05) is 36.0 Å². The predicted molar refractivity (Wildman–Crippen MR) is 129 cm³/mol. The molecule has 1 N–H and O–H groups in total. The molecule has 0 saturated carbocycles. The van der Waals surface area contributed by atoms with Gasteiger partial charge in [-0.15, -0.1) is 0 Å². The van der Waals surface area contributed by atoms with Crippen LogP contribution in [0.4, 0.5) is 5.82 Å². The van der Waals surface area contributed by atoms with Crippen LogP contribution in [-0.4, -0.2) is 49.7 Å². The number of thioether (sulfide) groups is 1. The molecule has 1 aliphatic rings. The Bertz CT molecular complexity index is 1200. The number of sulfonamides is 1. The fraction of sp³-hybridized carbons (Fsp3) is 0.174. The van der Waals surface area contributed by atoms with E-state index in [0.29, 0.717) is 0 Å². The lowest BCUT2D eigenvalue weighted by atomic mass is 10.2. The molecule has 0 radical (unpaired) electrons. The number of nitrogens with one attached hydrogen (secondary N) is 1. The smallest absolute Gasteiger partial charge is 0.265 e. The van der Waals surface area contributed by atoms with Gasteiger partial charge in [-0.05, 0) is 54.1 Å². The van der Waals surface area contributed by atoms with Crippen molar-refractivity contribution in [2.45, 2.75) is 11.0 Å². The van der Waals surface area contributed by atoms with Crippen LogP contribution in [0.25, 0.3) is 0 Å². The van der Waals surface area contributed by atoms with Crippen LogP contribution in [0.1, 0.15) is 5.56 Å². The summed E-state index contributed by atoms with van der Waals surface area (Å²) in [6, 6.07) is 20.1. The van der Waals surface area contributed by atoms with E-state index in [0.717, 1.165) is 27.1 Å². The molecule has 0 atom stereocenters. The van der Waals surface area contributed by atoms with Gasteiger partial charge < -0.3 is 4.74 Å². The maximum Gasteiger partial charge on any atom is 0.265 e. The highest BCUT2D eigenvalue weighted by molar-refractivity contribution is 8.00. The van der Waals surface area contributed by atoms with Crippen molar-refractivity contribution in [2.24, 2.45) is 5.10 Å². The number of nitrogens with zero attached hydrogens (tertiary/aromatic N) is 3. The molecule has 33 heavy (non-hydrogen) atoms. The molecule has 0 aliphatic carbocycles. The van der Waals surface area contributed by atoms with E-state index in [2.05, 4.69) is 15.5 Å². The molecule has 1 saturated heterocycles. The minimum atomic E-state index is -4.00. The average molecular weight is 483 g/mol. The van der Waals surface area contributed by atoms with Gasteiger partial charge in [-0.3, -0.25) is 4.79 Å². The lowest BCUT2D eigenvalue weighted by molar-refractivity contribution is -0.119. The first kappa shape index (κ1) is 22.8. The van der Waals surface area contributed by atoms with Crippen LogP contribution < -0.4 is 14.5 Å². The molecule has 0 unspecified atom stereocenters. The highest BCUT2D eigenvalue weighted by Crippen LogP contribution is 2.24. The van der Waals surface area contributed by atoms with Gasteiger partial charge in [-0.25, -0.2) is 23.1 Å². The number of hydrogen-bond acceptors (Lipinski definition) is 7. The van der Waals surface area contributed by atoms with E-state index in [-0.39, 0.29) is 16.8 Å². The minimum absolute atomic E-state index is 0.0646. The third kappa shape index (κ3) is 5.91. The second-order valence-electron chi connectivity index (χ2n) is 7.15. The van der Waals surface area contributed by atoms with Gasteiger partial charge in [0.15, 0.2) is 0 Å². The Labute approximate surface area is 196 Å². The number of benzene rings is 2. The van der Waals surface area contributed by atoms with Gasteiger partial charge in [0.1, 0.15) is 24.2 Å². The highest BCUT2D eigenvalue weighted by atomic mass is 32.2. The summed E-state index contributed by atoms with van der Waals surface area (Å²) in [4.78, 5) is 16.7. The van der Waals surface area contributed by atoms with Crippen LogP contribution >= 0.6 is 11.8 Å². The van der Waals surface area contributed by atoms with E-state index >= 15 is 0 Å². The summed E-state index contributed by atoms with van der Waals surface area (Å²) in [5, 5.41) is 3.95. The lowest BCUT2D eigenvalue weighted by Gasteiger charge is -2.25. The third-order valence-corrected chi connectivity index (χ3v) is 7.70. The monoisotopic (exact) mass is 482 g/mol. The number of pyridine rings is 1. The van der Waals surface area contributed by atoms with Crippen LogP contribution in [-0.2, 0) is 14.8 Å². The molecule has 170 valence electrons. The van der Waals surface area contributed by atoms with Crippen LogP contribution in [0.15, 0.2) is 89.0 Å². The first-order valence-electron chi connectivity index (χ1n) is 10.2. The highest BCUT2D eigenvalue weighted by Gasteiger charge is 2.27. The van der Waals surface area contributed by atoms with Gasteiger partial charge in [0.25, 0.3) is 15.9 Å². The van der Waals surface area contributed by atoms with Crippen molar-refractivity contribution in [2.75, 3.05) is 22.4 Å². The molecule has 1 fully saturated rings. The SMILES string of the molecule is O=C(CN(c1ccccn1)S(=O)(=O)c1ccccc1)N/N=C\c1ccc(OC2CSC2)cc1. The maximum absolute atomic E-state index is 13.2. The number of carbonyl (C=O) groups excluding carboxylic acids is 1. The van der Waals surface area contributed by atoms with Crippen LogP contribution in [0.5, 0.6) is 5.75 Å². The zero-order chi connectivity index (χ0) is 23.1. The second kappa shape index (κ2) is 10.5. The topological polar surface area (TPSA) is 101 Å². The zero-order valence-electron chi connectivity index (χ0n) is 17.6. The van der Waals surface area contributed by atoms with Gasteiger partial charge in [-0.2, -0.15) is 16.9 Å². The second-order valence-corrected chi connectivity index (χ2v) is 10.1. The summed E-state index contributed by atoms with van der Waals surface area (Å²) >= 11 is 1.85. The Morgan fingerprint density at radius 3 is 2.45 bits per heavy atom. The lowest BCUT2D eigenvalue weighted by Crippen LogP contribution is -2.40. The largest absolute Gasteiger partial charge is 0.489 e. The summed E-state index contributed by atoms with van der Waals surface area (Å²) in [7, 11) is -4.00. The molecule has 0 spiro atoms. The van der Waals surface area contributed by atoms with Gasteiger partial charge in [0.2, 0.25) is 0 Å². The van der Waals surface area contributed by atoms with Crippen molar-refractivity contribution in [1.29, 1.82) is 0 Å². The molecule has 3 aromatic rings. The molecular formula is C23H22N4O4S2. The van der Waals surface area contributed by atoms with E-state index in [1.54, 1.807) is 30.3 Å². The van der Waals surface area contributed by atoms with Crippen molar-refractivity contribution in [3.05, 3.63) is 84.6 Å². The molecule has 2 aromatic carbocycles. The fourth-order valence-corrected chi connectivity index (χ4v) is 4.92. The summed E-state index contributed by atoms with van der Waals surface area (Å²) in [6.45, 7) is -0.474. The number of ether oxygens (including phenoxy) is 1. The van der Waals surface area contributed by atoms with Gasteiger partial charge in [-0.1, -0.05) is 24.3 Å². The summed E-state index contributed by atoms with van der Waals surface area (Å²) in [5.41, 5.74) is 3.15. The van der Waals surface area contributed by atoms with Crippen molar-refractivity contribution in [1.82, 2.24) is 10.4 Å². The number of hydrazone groups is 1. The zero-order valence-corrected chi connectivity index (χ0v) is 19.2. The summed E-state index contributed by atoms with van der Waals surface area (Å²) in [5.74, 6) is 2.34. The Morgan fingerprint density at radius 1 is 1.09 bits per heavy atom. The van der Waals surface area contributed by atoms with E-state index in [9.17, 15) is 13.2 Å². The number of carbonyl (C=O) groups is 1. The molecule has 2 heterocycles. The molecule has 4 rings (SSSR count). The molecule has 0 bridgehead atoms. The molecule has 8 nitrogen and oxygen atoms in total. The fourth-order valence-electron chi connectivity index (χ4n) is 2.96. The Hall–Kier alpha value is -3.37. The summed E-state index contributed by atoms with van der Waals surface area (Å²) in [6.07, 6.45) is 3.22. The number of hydrogen-bond donors (Lipinski definition) is 1. The average Bonchev–Trinajstić information content (AvgIpc) is 2.82.